The van der Waals surface area contributed by atoms with Gasteiger partial charge in [0.05, 0.1) is 19.2 Å². The zero-order valence-corrected chi connectivity index (χ0v) is 12.7. The van der Waals surface area contributed by atoms with Gasteiger partial charge in [-0.25, -0.2) is 10.1 Å². The number of likely N-dealkylation sites (N-methyl/N-ethyl adjacent to an activating group) is 1. The van der Waals surface area contributed by atoms with Gasteiger partial charge in [0, 0.05) is 19.3 Å². The first-order valence-electron chi connectivity index (χ1n) is 6.95. The third-order valence-corrected chi connectivity index (χ3v) is 3.71. The number of hydrogen-bond donors (Lipinski definition) is 1. The fourth-order valence-corrected chi connectivity index (χ4v) is 2.31. The van der Waals surface area contributed by atoms with Crippen LogP contribution >= 0.6 is 0 Å². The number of nitrogens with zero attached hydrogens (tertiary/aromatic N) is 3. The number of rotatable bonds is 4. The maximum Gasteiger partial charge on any atom is 0.265 e. The smallest absolute Gasteiger partial charge is 0.265 e. The van der Waals surface area contributed by atoms with Crippen molar-refractivity contribution in [1.29, 1.82) is 5.26 Å². The van der Waals surface area contributed by atoms with E-state index in [1.54, 1.807) is 6.92 Å². The summed E-state index contributed by atoms with van der Waals surface area (Å²) in [5, 5.41) is 20.1. The highest BCUT2D eigenvalue weighted by molar-refractivity contribution is 5.89. The molecule has 0 saturated carbocycles. The largest absolute Gasteiger partial charge is 0.395 e. The lowest BCUT2D eigenvalue weighted by Gasteiger charge is -2.18. The second-order valence-corrected chi connectivity index (χ2v) is 5.09. The normalized spacial score (nSPS) is 11.5. The Morgan fingerprint density at radius 1 is 1.27 bits per heavy atom. The second kappa shape index (κ2) is 6.76. The van der Waals surface area contributed by atoms with Crippen molar-refractivity contribution in [2.45, 2.75) is 6.92 Å². The summed E-state index contributed by atoms with van der Waals surface area (Å²) in [6.45, 7) is 9.53. The quantitative estimate of drug-likeness (QED) is 0.693. The van der Waals surface area contributed by atoms with Crippen LogP contribution in [0.1, 0.15) is 12.5 Å². The molecule has 0 aliphatic rings. The summed E-state index contributed by atoms with van der Waals surface area (Å²) < 4.78 is 0. The van der Waals surface area contributed by atoms with Crippen molar-refractivity contribution in [3.63, 3.8) is 0 Å². The monoisotopic (exact) mass is 291 g/mol. The van der Waals surface area contributed by atoms with E-state index in [9.17, 15) is 0 Å². The highest BCUT2D eigenvalue weighted by Crippen LogP contribution is 2.26. The van der Waals surface area contributed by atoms with E-state index in [0.717, 1.165) is 22.0 Å². The molecular formula is C18H17N3O. The molecule has 0 atom stereocenters. The van der Waals surface area contributed by atoms with E-state index in [4.69, 9.17) is 16.9 Å². The lowest BCUT2D eigenvalue weighted by molar-refractivity contribution is 0.304. The number of anilines is 1. The van der Waals surface area contributed by atoms with Crippen LogP contribution in [0.4, 0.5) is 5.69 Å². The van der Waals surface area contributed by atoms with E-state index in [0.29, 0.717) is 12.1 Å². The molecule has 2 rings (SSSR count). The summed E-state index contributed by atoms with van der Waals surface area (Å²) in [7, 11) is 1.94. The summed E-state index contributed by atoms with van der Waals surface area (Å²) >= 11 is 0. The van der Waals surface area contributed by atoms with Crippen LogP contribution in [0.3, 0.4) is 0 Å². The molecule has 0 fully saturated rings. The average Bonchev–Trinajstić information content (AvgIpc) is 2.55. The Balaban J connectivity index is 2.46. The molecule has 0 spiro atoms. The van der Waals surface area contributed by atoms with Gasteiger partial charge in [0.15, 0.2) is 0 Å². The van der Waals surface area contributed by atoms with Crippen molar-refractivity contribution in [3.8, 4) is 6.07 Å². The van der Waals surface area contributed by atoms with Crippen molar-refractivity contribution in [3.05, 3.63) is 59.1 Å². The first-order chi connectivity index (χ1) is 10.6. The van der Waals surface area contributed by atoms with Crippen LogP contribution in [-0.2, 0) is 0 Å². The van der Waals surface area contributed by atoms with Gasteiger partial charge in [0.1, 0.15) is 0 Å². The fraction of sp³-hybridized carbons (Fsp3) is 0.222. The molecule has 22 heavy (non-hydrogen) atoms. The highest BCUT2D eigenvalue weighted by atomic mass is 16.3. The zero-order valence-electron chi connectivity index (χ0n) is 12.7. The number of aliphatic hydroxyl groups excluding tert-OH is 1. The first kappa shape index (κ1) is 15.6. The van der Waals surface area contributed by atoms with Gasteiger partial charge in [0.25, 0.3) is 5.70 Å². The predicted octanol–water partition coefficient (Wildman–Crippen LogP) is 3.44. The Morgan fingerprint density at radius 2 is 1.95 bits per heavy atom. The van der Waals surface area contributed by atoms with Gasteiger partial charge < -0.3 is 10.0 Å². The molecule has 4 nitrogen and oxygen atoms in total. The molecule has 0 heterocycles. The van der Waals surface area contributed by atoms with Crippen molar-refractivity contribution >= 4 is 22.0 Å². The fourth-order valence-electron chi connectivity index (χ4n) is 2.31. The van der Waals surface area contributed by atoms with Gasteiger partial charge >= 0.3 is 0 Å². The minimum Gasteiger partial charge on any atom is -0.395 e. The zero-order chi connectivity index (χ0) is 16.1. The van der Waals surface area contributed by atoms with Gasteiger partial charge in [-0.2, -0.15) is 0 Å². The third kappa shape index (κ3) is 3.09. The SMILES string of the molecule is [C-]#[N+]C(C#N)=C(C)c1ccc2cc(N(C)CCO)ccc2c1. The van der Waals surface area contributed by atoms with Crippen molar-refractivity contribution in [2.75, 3.05) is 25.1 Å². The number of allylic oxidation sites excluding steroid dienone is 2. The van der Waals surface area contributed by atoms with E-state index in [1.807, 2.05) is 48.3 Å². The molecule has 0 aliphatic heterocycles. The molecule has 4 heteroatoms. The summed E-state index contributed by atoms with van der Waals surface area (Å²) in [6, 6.07) is 13.9. The highest BCUT2D eigenvalue weighted by Gasteiger charge is 2.06. The van der Waals surface area contributed by atoms with Crippen LogP contribution in [0.15, 0.2) is 42.1 Å². The Bertz CT molecular complexity index is 793. The molecule has 1 N–H and O–H groups in total. The first-order valence-corrected chi connectivity index (χ1v) is 6.95. The molecule has 0 saturated heterocycles. The molecule has 0 amide bonds. The summed E-state index contributed by atoms with van der Waals surface area (Å²) in [5.74, 6) is 0. The minimum absolute atomic E-state index is 0.116. The summed E-state index contributed by atoms with van der Waals surface area (Å²) in [5.41, 5.74) is 2.75. The maximum atomic E-state index is 9.01. The summed E-state index contributed by atoms with van der Waals surface area (Å²) in [4.78, 5) is 5.25. The standard InChI is InChI=1S/C18H17N3O/c1-13(18(12-19)20-2)14-4-5-16-11-17(21(3)8-9-22)7-6-15(16)10-14/h4-7,10-11,22H,8-9H2,1,3H3. The number of nitriles is 1. The van der Waals surface area contributed by atoms with E-state index < -0.39 is 0 Å². The number of fused-ring (bicyclic) bond motifs is 1. The maximum absolute atomic E-state index is 9.01. The lowest BCUT2D eigenvalue weighted by atomic mass is 10.0. The van der Waals surface area contributed by atoms with Crippen LogP contribution in [0.5, 0.6) is 0 Å². The van der Waals surface area contributed by atoms with Gasteiger partial charge in [-0.15, -0.1) is 0 Å². The van der Waals surface area contributed by atoms with E-state index in [2.05, 4.69) is 10.9 Å². The molecular weight excluding hydrogens is 274 g/mol. The van der Waals surface area contributed by atoms with Gasteiger partial charge in [-0.1, -0.05) is 18.2 Å². The Kier molecular flexibility index (Phi) is 4.78. The topological polar surface area (TPSA) is 51.6 Å². The molecule has 110 valence electrons. The van der Waals surface area contributed by atoms with Crippen molar-refractivity contribution in [1.82, 2.24) is 0 Å². The van der Waals surface area contributed by atoms with Crippen LogP contribution in [0.2, 0.25) is 0 Å². The molecule has 0 bridgehead atoms. The molecule has 0 radical (unpaired) electrons. The van der Waals surface area contributed by atoms with Crippen molar-refractivity contribution in [2.24, 2.45) is 0 Å². The van der Waals surface area contributed by atoms with E-state index in [-0.39, 0.29) is 12.3 Å². The Hall–Kier alpha value is -2.82. The Labute approximate surface area is 130 Å². The third-order valence-electron chi connectivity index (χ3n) is 3.71. The van der Waals surface area contributed by atoms with Gasteiger partial charge in [-0.3, -0.25) is 0 Å². The van der Waals surface area contributed by atoms with Gasteiger partial charge in [0.2, 0.25) is 0 Å². The van der Waals surface area contributed by atoms with E-state index >= 15 is 0 Å². The molecule has 0 unspecified atom stereocenters. The minimum atomic E-state index is 0.116. The van der Waals surface area contributed by atoms with Crippen LogP contribution in [-0.4, -0.2) is 25.3 Å². The molecule has 2 aromatic rings. The molecule has 2 aromatic carbocycles. The van der Waals surface area contributed by atoms with Crippen LogP contribution < -0.4 is 4.90 Å². The van der Waals surface area contributed by atoms with Gasteiger partial charge in [-0.05, 0) is 47.0 Å². The lowest BCUT2D eigenvalue weighted by Crippen LogP contribution is -2.20. The average molecular weight is 291 g/mol. The van der Waals surface area contributed by atoms with Crippen molar-refractivity contribution < 1.29 is 5.11 Å². The van der Waals surface area contributed by atoms with Crippen LogP contribution in [0, 0.1) is 17.9 Å². The predicted molar refractivity (Wildman–Crippen MR) is 89.1 cm³/mol. The molecule has 0 aliphatic carbocycles. The van der Waals surface area contributed by atoms with E-state index in [1.165, 1.54) is 0 Å². The number of benzene rings is 2. The second-order valence-electron chi connectivity index (χ2n) is 5.09. The Morgan fingerprint density at radius 3 is 2.59 bits per heavy atom. The number of aliphatic hydroxyl groups is 1. The van der Waals surface area contributed by atoms with Crippen LogP contribution in [0.25, 0.3) is 21.2 Å². The summed E-state index contributed by atoms with van der Waals surface area (Å²) in [6.07, 6.45) is 0. The molecule has 0 aromatic heterocycles. The number of hydrogen-bond acceptors (Lipinski definition) is 3.